The molecule has 0 aromatic carbocycles. The maximum absolute atomic E-state index is 10.5. The second-order valence-electron chi connectivity index (χ2n) is 1.64. The van der Waals surface area contributed by atoms with E-state index < -0.39 is 5.91 Å². The Bertz CT molecular complexity index is 297. The maximum Gasteiger partial charge on any atom is 0.250 e. The van der Waals surface area contributed by atoms with E-state index in [2.05, 4.69) is 0 Å². The zero-order valence-electron chi connectivity index (χ0n) is 5.00. The van der Waals surface area contributed by atoms with Crippen molar-refractivity contribution in [2.75, 3.05) is 0 Å². The van der Waals surface area contributed by atoms with E-state index in [-0.39, 0.29) is 0 Å². The van der Waals surface area contributed by atoms with E-state index in [4.69, 9.17) is 11.0 Å². The van der Waals surface area contributed by atoms with Gasteiger partial charge in [-0.25, -0.2) is 0 Å². The number of hydrogen-bond donors (Lipinski definition) is 1. The zero-order valence-corrected chi connectivity index (χ0v) is 5.81. The lowest BCUT2D eigenvalue weighted by Gasteiger charge is -1.85. The molecule has 1 heterocycles. The topological polar surface area (TPSA) is 66.9 Å². The Morgan fingerprint density at radius 2 is 2.50 bits per heavy atom. The summed E-state index contributed by atoms with van der Waals surface area (Å²) in [4.78, 5) is 10.9. The Morgan fingerprint density at radius 1 is 1.80 bits per heavy atom. The Kier molecular flexibility index (Phi) is 1.69. The molecule has 0 saturated carbocycles. The molecule has 1 amide bonds. The predicted octanol–water partition coefficient (Wildman–Crippen LogP) is 0.719. The molecule has 4 heteroatoms. The van der Waals surface area contributed by atoms with E-state index in [0.717, 1.165) is 0 Å². The van der Waals surface area contributed by atoms with Crippen molar-refractivity contribution in [3.63, 3.8) is 0 Å². The van der Waals surface area contributed by atoms with Crippen molar-refractivity contribution in [2.24, 2.45) is 5.73 Å². The number of amides is 1. The van der Waals surface area contributed by atoms with Crippen LogP contribution in [0.4, 0.5) is 0 Å². The summed E-state index contributed by atoms with van der Waals surface area (Å²) in [5.74, 6) is -0.544. The summed E-state index contributed by atoms with van der Waals surface area (Å²) in [5, 5.41) is 10.1. The van der Waals surface area contributed by atoms with Crippen LogP contribution in [0, 0.1) is 11.3 Å². The average Bonchev–Trinajstić information content (AvgIpc) is 2.33. The minimum atomic E-state index is -0.544. The van der Waals surface area contributed by atoms with Crippen LogP contribution in [0.2, 0.25) is 0 Å². The number of carbonyl (C=O) groups excluding carboxylic acids is 1. The van der Waals surface area contributed by atoms with Crippen LogP contribution in [0.15, 0.2) is 11.4 Å². The van der Waals surface area contributed by atoms with Gasteiger partial charge in [-0.1, -0.05) is 0 Å². The van der Waals surface area contributed by atoms with Crippen molar-refractivity contribution in [3.05, 3.63) is 21.9 Å². The highest BCUT2D eigenvalue weighted by atomic mass is 32.1. The van der Waals surface area contributed by atoms with Gasteiger partial charge in [0.15, 0.2) is 0 Å². The molecule has 10 heavy (non-hydrogen) atoms. The van der Waals surface area contributed by atoms with Crippen LogP contribution in [0.25, 0.3) is 0 Å². The van der Waals surface area contributed by atoms with E-state index in [1.165, 1.54) is 11.3 Å². The molecular formula is C6H4N2OS. The molecule has 0 radical (unpaired) electrons. The number of hydrogen-bond acceptors (Lipinski definition) is 3. The number of nitrogens with zero attached hydrogens (tertiary/aromatic N) is 1. The number of nitrogens with two attached hydrogens (primary N) is 1. The molecule has 50 valence electrons. The SMILES string of the molecule is N#Cc1sccc1C(N)=O. The molecule has 1 aromatic heterocycles. The summed E-state index contributed by atoms with van der Waals surface area (Å²) < 4.78 is 0. The van der Waals surface area contributed by atoms with Crippen molar-refractivity contribution in [1.29, 1.82) is 5.26 Å². The van der Waals surface area contributed by atoms with Crippen LogP contribution in [-0.2, 0) is 0 Å². The van der Waals surface area contributed by atoms with Crippen LogP contribution in [0.3, 0.4) is 0 Å². The summed E-state index contributed by atoms with van der Waals surface area (Å²) in [5.41, 5.74) is 5.26. The summed E-state index contributed by atoms with van der Waals surface area (Å²) in [6, 6.07) is 3.42. The van der Waals surface area contributed by atoms with Crippen LogP contribution < -0.4 is 5.73 Å². The van der Waals surface area contributed by atoms with Gasteiger partial charge in [0.2, 0.25) is 0 Å². The smallest absolute Gasteiger partial charge is 0.250 e. The monoisotopic (exact) mass is 152 g/mol. The Morgan fingerprint density at radius 3 is 2.90 bits per heavy atom. The van der Waals surface area contributed by atoms with E-state index in [9.17, 15) is 4.79 Å². The van der Waals surface area contributed by atoms with Crippen LogP contribution in [0.1, 0.15) is 15.2 Å². The summed E-state index contributed by atoms with van der Waals surface area (Å²) in [6.07, 6.45) is 0. The third kappa shape index (κ3) is 0.993. The molecule has 0 atom stereocenters. The summed E-state index contributed by atoms with van der Waals surface area (Å²) in [7, 11) is 0. The van der Waals surface area contributed by atoms with Crippen LogP contribution in [-0.4, -0.2) is 5.91 Å². The molecule has 1 aromatic rings. The lowest BCUT2D eigenvalue weighted by molar-refractivity contribution is 0.100. The summed E-state index contributed by atoms with van der Waals surface area (Å²) >= 11 is 1.22. The number of rotatable bonds is 1. The molecule has 0 unspecified atom stereocenters. The van der Waals surface area contributed by atoms with Gasteiger partial charge >= 0.3 is 0 Å². The van der Waals surface area contributed by atoms with Gasteiger partial charge < -0.3 is 5.73 Å². The zero-order chi connectivity index (χ0) is 7.56. The van der Waals surface area contributed by atoms with E-state index in [1.54, 1.807) is 11.4 Å². The van der Waals surface area contributed by atoms with Crippen molar-refractivity contribution in [1.82, 2.24) is 0 Å². The molecule has 3 nitrogen and oxygen atoms in total. The third-order valence-electron chi connectivity index (χ3n) is 1.03. The second-order valence-corrected chi connectivity index (χ2v) is 2.56. The van der Waals surface area contributed by atoms with Crippen molar-refractivity contribution >= 4 is 17.2 Å². The van der Waals surface area contributed by atoms with Crippen molar-refractivity contribution in [3.8, 4) is 6.07 Å². The minimum Gasteiger partial charge on any atom is -0.366 e. The fraction of sp³-hybridized carbons (Fsp3) is 0. The van der Waals surface area contributed by atoms with Gasteiger partial charge in [-0.3, -0.25) is 4.79 Å². The molecule has 0 spiro atoms. The first-order valence-corrected chi connectivity index (χ1v) is 3.41. The average molecular weight is 152 g/mol. The van der Waals surface area contributed by atoms with Gasteiger partial charge in [-0.15, -0.1) is 11.3 Å². The first kappa shape index (κ1) is 6.78. The van der Waals surface area contributed by atoms with Gasteiger partial charge in [0.1, 0.15) is 10.9 Å². The molecule has 0 fully saturated rings. The Labute approximate surface area is 61.7 Å². The molecule has 0 aliphatic carbocycles. The Hall–Kier alpha value is -1.34. The highest BCUT2D eigenvalue weighted by Gasteiger charge is 2.07. The molecule has 2 N–H and O–H groups in total. The second kappa shape index (κ2) is 2.50. The number of carbonyl (C=O) groups is 1. The van der Waals surface area contributed by atoms with E-state index in [0.29, 0.717) is 10.4 Å². The van der Waals surface area contributed by atoms with Crippen molar-refractivity contribution < 1.29 is 4.79 Å². The minimum absolute atomic E-state index is 0.313. The van der Waals surface area contributed by atoms with Gasteiger partial charge in [-0.2, -0.15) is 5.26 Å². The maximum atomic E-state index is 10.5. The van der Waals surface area contributed by atoms with E-state index in [1.807, 2.05) is 6.07 Å². The summed E-state index contributed by atoms with van der Waals surface area (Å²) in [6.45, 7) is 0. The normalized spacial score (nSPS) is 8.70. The van der Waals surface area contributed by atoms with Crippen LogP contribution >= 0.6 is 11.3 Å². The quantitative estimate of drug-likeness (QED) is 0.644. The largest absolute Gasteiger partial charge is 0.366 e. The van der Waals surface area contributed by atoms with Gasteiger partial charge in [0, 0.05) is 0 Å². The molecule has 1 rings (SSSR count). The number of primary amides is 1. The molecular weight excluding hydrogens is 148 g/mol. The fourth-order valence-corrected chi connectivity index (χ4v) is 1.28. The highest BCUT2D eigenvalue weighted by Crippen LogP contribution is 2.13. The van der Waals surface area contributed by atoms with Gasteiger partial charge in [0.05, 0.1) is 5.56 Å². The molecule has 0 bridgehead atoms. The lowest BCUT2D eigenvalue weighted by Crippen LogP contribution is -2.10. The predicted molar refractivity (Wildman–Crippen MR) is 37.6 cm³/mol. The van der Waals surface area contributed by atoms with Crippen molar-refractivity contribution in [2.45, 2.75) is 0 Å². The standard InChI is InChI=1S/C6H4N2OS/c7-3-5-4(6(8)9)1-2-10-5/h1-2H,(H2,8,9). The Balaban J connectivity index is 3.17. The molecule has 0 aliphatic rings. The highest BCUT2D eigenvalue weighted by molar-refractivity contribution is 7.10. The lowest BCUT2D eigenvalue weighted by atomic mass is 10.2. The number of nitriles is 1. The first-order chi connectivity index (χ1) is 4.75. The fourth-order valence-electron chi connectivity index (χ4n) is 0.590. The van der Waals surface area contributed by atoms with E-state index >= 15 is 0 Å². The van der Waals surface area contributed by atoms with Crippen LogP contribution in [0.5, 0.6) is 0 Å². The van der Waals surface area contributed by atoms with Gasteiger partial charge in [0.25, 0.3) is 5.91 Å². The molecule has 0 saturated heterocycles. The van der Waals surface area contributed by atoms with Gasteiger partial charge in [-0.05, 0) is 11.4 Å². The number of thiophene rings is 1. The molecule has 0 aliphatic heterocycles. The third-order valence-corrected chi connectivity index (χ3v) is 1.85. The first-order valence-electron chi connectivity index (χ1n) is 2.53.